The number of aliphatic hydroxyl groups excluding tert-OH is 1. The van der Waals surface area contributed by atoms with Gasteiger partial charge in [0.15, 0.2) is 0 Å². The second-order valence-corrected chi connectivity index (χ2v) is 5.00. The summed E-state index contributed by atoms with van der Waals surface area (Å²) in [5, 5.41) is 10.0. The molecule has 0 aromatic carbocycles. The highest BCUT2D eigenvalue weighted by Crippen LogP contribution is 2.38. The van der Waals surface area contributed by atoms with Crippen molar-refractivity contribution in [3.05, 3.63) is 0 Å². The lowest BCUT2D eigenvalue weighted by Crippen LogP contribution is -2.45. The van der Waals surface area contributed by atoms with E-state index in [0.29, 0.717) is 13.2 Å². The second-order valence-electron chi connectivity index (χ2n) is 5.00. The lowest BCUT2D eigenvalue weighted by Gasteiger charge is -2.40. The molecule has 0 amide bonds. The quantitative estimate of drug-likeness (QED) is 0.733. The first kappa shape index (κ1) is 12.9. The molecule has 0 aromatic rings. The van der Waals surface area contributed by atoms with E-state index in [9.17, 15) is 5.11 Å². The zero-order valence-electron chi connectivity index (χ0n) is 10.0. The van der Waals surface area contributed by atoms with Crippen LogP contribution in [0.4, 0.5) is 0 Å². The first-order valence-corrected chi connectivity index (χ1v) is 6.10. The van der Waals surface area contributed by atoms with Gasteiger partial charge in [-0.3, -0.25) is 0 Å². The van der Waals surface area contributed by atoms with Crippen molar-refractivity contribution in [3.8, 4) is 0 Å². The average molecular weight is 215 g/mol. The van der Waals surface area contributed by atoms with E-state index in [1.807, 2.05) is 13.8 Å². The number of ether oxygens (including phenoxy) is 1. The van der Waals surface area contributed by atoms with Crippen molar-refractivity contribution < 1.29 is 9.84 Å². The van der Waals surface area contributed by atoms with Crippen LogP contribution in [-0.4, -0.2) is 30.5 Å². The summed E-state index contributed by atoms with van der Waals surface area (Å²) >= 11 is 0. The van der Waals surface area contributed by atoms with Crippen molar-refractivity contribution in [2.24, 2.45) is 11.1 Å². The van der Waals surface area contributed by atoms with Crippen molar-refractivity contribution in [2.45, 2.75) is 58.2 Å². The molecular formula is C12H25NO2. The minimum atomic E-state index is -0.230. The predicted molar refractivity (Wildman–Crippen MR) is 61.7 cm³/mol. The molecule has 0 saturated heterocycles. The van der Waals surface area contributed by atoms with Gasteiger partial charge in [0.2, 0.25) is 0 Å². The van der Waals surface area contributed by atoms with Crippen LogP contribution in [0.5, 0.6) is 0 Å². The van der Waals surface area contributed by atoms with Crippen molar-refractivity contribution in [2.75, 3.05) is 13.2 Å². The minimum absolute atomic E-state index is 0.0762. The van der Waals surface area contributed by atoms with Crippen LogP contribution < -0.4 is 5.73 Å². The van der Waals surface area contributed by atoms with Crippen molar-refractivity contribution in [1.82, 2.24) is 0 Å². The fourth-order valence-electron chi connectivity index (χ4n) is 2.42. The summed E-state index contributed by atoms with van der Waals surface area (Å²) in [5.74, 6) is 0. The smallest absolute Gasteiger partial charge is 0.0609 e. The molecule has 3 nitrogen and oxygen atoms in total. The Bertz CT molecular complexity index is 184. The summed E-state index contributed by atoms with van der Waals surface area (Å²) in [4.78, 5) is 0. The third kappa shape index (κ3) is 3.44. The molecule has 1 aliphatic rings. The molecule has 90 valence electrons. The molecule has 0 spiro atoms. The van der Waals surface area contributed by atoms with Gasteiger partial charge in [-0.05, 0) is 33.1 Å². The molecule has 0 radical (unpaired) electrons. The number of nitrogens with two attached hydrogens (primary N) is 1. The molecule has 0 bridgehead atoms. The third-order valence-electron chi connectivity index (χ3n) is 3.57. The summed E-state index contributed by atoms with van der Waals surface area (Å²) in [5.41, 5.74) is 5.75. The molecule has 3 N–H and O–H groups in total. The van der Waals surface area contributed by atoms with E-state index >= 15 is 0 Å². The molecule has 0 aromatic heterocycles. The normalized spacial score (nSPS) is 32.2. The van der Waals surface area contributed by atoms with E-state index in [1.54, 1.807) is 0 Å². The van der Waals surface area contributed by atoms with Gasteiger partial charge in [0.05, 0.1) is 12.2 Å². The third-order valence-corrected chi connectivity index (χ3v) is 3.57. The van der Waals surface area contributed by atoms with Crippen LogP contribution in [0.25, 0.3) is 0 Å². The molecule has 1 fully saturated rings. The summed E-state index contributed by atoms with van der Waals surface area (Å²) in [7, 11) is 0. The summed E-state index contributed by atoms with van der Waals surface area (Å²) in [6.45, 7) is 5.36. The van der Waals surface area contributed by atoms with Gasteiger partial charge >= 0.3 is 0 Å². The van der Waals surface area contributed by atoms with E-state index in [0.717, 1.165) is 25.7 Å². The molecular weight excluding hydrogens is 190 g/mol. The lowest BCUT2D eigenvalue weighted by atomic mass is 9.70. The standard InChI is InChI=1S/C12H25NO2/c1-10(2)15-8-7-12(9-13)6-4-3-5-11(12)14/h10-11,14H,3-9,13H2,1-2H3. The molecule has 0 aliphatic heterocycles. The monoisotopic (exact) mass is 215 g/mol. The number of aliphatic hydroxyl groups is 1. The fourth-order valence-corrected chi connectivity index (χ4v) is 2.42. The largest absolute Gasteiger partial charge is 0.392 e. The highest BCUT2D eigenvalue weighted by Gasteiger charge is 2.38. The highest BCUT2D eigenvalue weighted by atomic mass is 16.5. The SMILES string of the molecule is CC(C)OCCC1(CN)CCCCC1O. The molecule has 2 atom stereocenters. The van der Waals surface area contributed by atoms with Crippen molar-refractivity contribution >= 4 is 0 Å². The Labute approximate surface area is 93.0 Å². The minimum Gasteiger partial charge on any atom is -0.392 e. The van der Waals surface area contributed by atoms with Crippen LogP contribution in [-0.2, 0) is 4.74 Å². The van der Waals surface area contributed by atoms with Gasteiger partial charge < -0.3 is 15.6 Å². The molecule has 0 heterocycles. The second kappa shape index (κ2) is 5.83. The fraction of sp³-hybridized carbons (Fsp3) is 1.00. The van der Waals surface area contributed by atoms with E-state index < -0.39 is 0 Å². The van der Waals surface area contributed by atoms with Crippen molar-refractivity contribution in [3.63, 3.8) is 0 Å². The summed E-state index contributed by atoms with van der Waals surface area (Å²) in [6, 6.07) is 0. The Morgan fingerprint density at radius 3 is 2.73 bits per heavy atom. The van der Waals surface area contributed by atoms with Crippen LogP contribution in [0.1, 0.15) is 46.0 Å². The average Bonchev–Trinajstić information content (AvgIpc) is 2.21. The van der Waals surface area contributed by atoms with Gasteiger partial charge in [-0.1, -0.05) is 12.8 Å². The van der Waals surface area contributed by atoms with E-state index in [-0.39, 0.29) is 17.6 Å². The van der Waals surface area contributed by atoms with Gasteiger partial charge in [-0.15, -0.1) is 0 Å². The van der Waals surface area contributed by atoms with E-state index in [4.69, 9.17) is 10.5 Å². The van der Waals surface area contributed by atoms with E-state index in [1.165, 1.54) is 6.42 Å². The van der Waals surface area contributed by atoms with Gasteiger partial charge in [-0.25, -0.2) is 0 Å². The number of hydrogen-bond donors (Lipinski definition) is 2. The van der Waals surface area contributed by atoms with Gasteiger partial charge in [0.25, 0.3) is 0 Å². The molecule has 2 unspecified atom stereocenters. The highest BCUT2D eigenvalue weighted by molar-refractivity contribution is 4.90. The van der Waals surface area contributed by atoms with Crippen LogP contribution in [0.15, 0.2) is 0 Å². The first-order valence-electron chi connectivity index (χ1n) is 6.10. The Kier molecular flexibility index (Phi) is 5.03. The lowest BCUT2D eigenvalue weighted by molar-refractivity contribution is -0.0369. The Hall–Kier alpha value is -0.120. The molecule has 1 aliphatic carbocycles. The first-order chi connectivity index (χ1) is 7.10. The molecule has 15 heavy (non-hydrogen) atoms. The Morgan fingerprint density at radius 2 is 2.20 bits per heavy atom. The van der Waals surface area contributed by atoms with Crippen LogP contribution in [0.3, 0.4) is 0 Å². The Morgan fingerprint density at radius 1 is 1.47 bits per heavy atom. The van der Waals surface area contributed by atoms with E-state index in [2.05, 4.69) is 0 Å². The van der Waals surface area contributed by atoms with Gasteiger partial charge in [-0.2, -0.15) is 0 Å². The van der Waals surface area contributed by atoms with Crippen LogP contribution in [0.2, 0.25) is 0 Å². The zero-order valence-corrected chi connectivity index (χ0v) is 10.0. The molecule has 1 rings (SSSR count). The maximum Gasteiger partial charge on any atom is 0.0609 e. The maximum atomic E-state index is 10.0. The number of rotatable bonds is 5. The van der Waals surface area contributed by atoms with Gasteiger partial charge in [0.1, 0.15) is 0 Å². The summed E-state index contributed by atoms with van der Waals surface area (Å²) in [6.07, 6.45) is 5.20. The number of hydrogen-bond acceptors (Lipinski definition) is 3. The van der Waals surface area contributed by atoms with Crippen LogP contribution >= 0.6 is 0 Å². The molecule has 1 saturated carbocycles. The van der Waals surface area contributed by atoms with Crippen molar-refractivity contribution in [1.29, 1.82) is 0 Å². The predicted octanol–water partition coefficient (Wildman–Crippen LogP) is 1.68. The Balaban J connectivity index is 2.43. The van der Waals surface area contributed by atoms with Crippen LogP contribution in [0, 0.1) is 5.41 Å². The summed E-state index contributed by atoms with van der Waals surface area (Å²) < 4.78 is 5.55. The maximum absolute atomic E-state index is 10.0. The topological polar surface area (TPSA) is 55.5 Å². The van der Waals surface area contributed by atoms with Gasteiger partial charge in [0, 0.05) is 18.6 Å². The zero-order chi connectivity index (χ0) is 11.3. The molecule has 3 heteroatoms.